The SMILES string of the molecule is Cc1nc(-c2ccccc2Br)sc1C(C)(C)N. The molecule has 1 aromatic heterocycles. The van der Waals surface area contributed by atoms with Crippen LogP contribution in [0.1, 0.15) is 24.4 Å². The second-order valence-electron chi connectivity index (χ2n) is 4.64. The molecule has 0 radical (unpaired) electrons. The van der Waals surface area contributed by atoms with E-state index in [-0.39, 0.29) is 5.54 Å². The van der Waals surface area contributed by atoms with Gasteiger partial charge in [-0.3, -0.25) is 0 Å². The molecule has 17 heavy (non-hydrogen) atoms. The summed E-state index contributed by atoms with van der Waals surface area (Å²) in [7, 11) is 0. The number of aromatic nitrogens is 1. The van der Waals surface area contributed by atoms with Crippen LogP contribution in [0.15, 0.2) is 28.7 Å². The maximum atomic E-state index is 6.15. The normalized spacial score (nSPS) is 11.8. The van der Waals surface area contributed by atoms with Gasteiger partial charge < -0.3 is 5.73 Å². The fourth-order valence-electron chi connectivity index (χ4n) is 1.74. The average Bonchev–Trinajstić information content (AvgIpc) is 2.60. The predicted octanol–water partition coefficient (Wildman–Crippen LogP) is 4.07. The molecule has 90 valence electrons. The molecule has 1 heterocycles. The topological polar surface area (TPSA) is 38.9 Å². The Morgan fingerprint density at radius 2 is 1.94 bits per heavy atom. The molecule has 0 saturated carbocycles. The molecule has 0 aliphatic heterocycles. The van der Waals surface area contributed by atoms with Crippen molar-refractivity contribution in [2.75, 3.05) is 0 Å². The van der Waals surface area contributed by atoms with Crippen LogP contribution in [0.25, 0.3) is 10.6 Å². The third kappa shape index (κ3) is 2.59. The van der Waals surface area contributed by atoms with E-state index < -0.39 is 0 Å². The Morgan fingerprint density at radius 1 is 1.29 bits per heavy atom. The fraction of sp³-hybridized carbons (Fsp3) is 0.308. The number of hydrogen-bond acceptors (Lipinski definition) is 3. The Labute approximate surface area is 114 Å². The van der Waals surface area contributed by atoms with Crippen LogP contribution in [0.4, 0.5) is 0 Å². The highest BCUT2D eigenvalue weighted by atomic mass is 79.9. The maximum Gasteiger partial charge on any atom is 0.125 e. The van der Waals surface area contributed by atoms with Gasteiger partial charge in [0.1, 0.15) is 5.01 Å². The van der Waals surface area contributed by atoms with Gasteiger partial charge in [0.2, 0.25) is 0 Å². The van der Waals surface area contributed by atoms with Crippen LogP contribution in [0, 0.1) is 6.92 Å². The van der Waals surface area contributed by atoms with Crippen molar-refractivity contribution in [2.24, 2.45) is 5.73 Å². The van der Waals surface area contributed by atoms with Crippen LogP contribution >= 0.6 is 27.3 Å². The van der Waals surface area contributed by atoms with Gasteiger partial charge in [-0.05, 0) is 26.8 Å². The molecule has 0 bridgehead atoms. The summed E-state index contributed by atoms with van der Waals surface area (Å²) < 4.78 is 1.06. The lowest BCUT2D eigenvalue weighted by Crippen LogP contribution is -2.28. The van der Waals surface area contributed by atoms with Gasteiger partial charge in [-0.25, -0.2) is 4.98 Å². The van der Waals surface area contributed by atoms with Crippen molar-refractivity contribution in [2.45, 2.75) is 26.3 Å². The van der Waals surface area contributed by atoms with Gasteiger partial charge in [0.05, 0.1) is 5.69 Å². The van der Waals surface area contributed by atoms with Crippen molar-refractivity contribution in [1.29, 1.82) is 0 Å². The second-order valence-corrected chi connectivity index (χ2v) is 6.49. The minimum Gasteiger partial charge on any atom is -0.321 e. The van der Waals surface area contributed by atoms with Crippen LogP contribution in [0.3, 0.4) is 0 Å². The van der Waals surface area contributed by atoms with Gasteiger partial charge in [-0.15, -0.1) is 11.3 Å². The lowest BCUT2D eigenvalue weighted by atomic mass is 10.0. The highest BCUT2D eigenvalue weighted by Gasteiger charge is 2.22. The number of thiazole rings is 1. The molecule has 2 N–H and O–H groups in total. The molecular weight excluding hydrogens is 296 g/mol. The fourth-order valence-corrected chi connectivity index (χ4v) is 3.47. The molecular formula is C13H15BrN2S. The average molecular weight is 311 g/mol. The molecule has 2 aromatic rings. The number of rotatable bonds is 2. The Hall–Kier alpha value is -0.710. The minimum atomic E-state index is -0.332. The molecule has 0 aliphatic rings. The summed E-state index contributed by atoms with van der Waals surface area (Å²) in [6.45, 7) is 6.04. The Morgan fingerprint density at radius 3 is 2.47 bits per heavy atom. The summed E-state index contributed by atoms with van der Waals surface area (Å²) in [6.07, 6.45) is 0. The van der Waals surface area contributed by atoms with Crippen LogP contribution in [-0.4, -0.2) is 4.98 Å². The summed E-state index contributed by atoms with van der Waals surface area (Å²) in [6, 6.07) is 8.11. The molecule has 2 nitrogen and oxygen atoms in total. The van der Waals surface area contributed by atoms with Crippen LogP contribution < -0.4 is 5.73 Å². The van der Waals surface area contributed by atoms with E-state index >= 15 is 0 Å². The zero-order chi connectivity index (χ0) is 12.6. The summed E-state index contributed by atoms with van der Waals surface area (Å²) in [5, 5.41) is 1.02. The van der Waals surface area contributed by atoms with Crippen LogP contribution in [0.5, 0.6) is 0 Å². The first-order chi connectivity index (χ1) is 7.89. The second kappa shape index (κ2) is 4.52. The van der Waals surface area contributed by atoms with E-state index in [2.05, 4.69) is 27.0 Å². The number of aryl methyl sites for hydroxylation is 1. The molecule has 4 heteroatoms. The number of nitrogens with zero attached hydrogens (tertiary/aromatic N) is 1. The summed E-state index contributed by atoms with van der Waals surface area (Å²) in [5.41, 5.74) is 7.96. The Bertz CT molecular complexity index is 541. The molecule has 0 amide bonds. The standard InChI is InChI=1S/C13H15BrN2S/c1-8-11(13(2,3)15)17-12(16-8)9-6-4-5-7-10(9)14/h4-7H,15H2,1-3H3. The van der Waals surface area contributed by atoms with Crippen molar-refractivity contribution < 1.29 is 0 Å². The number of nitrogens with two attached hydrogens (primary N) is 1. The summed E-state index contributed by atoms with van der Waals surface area (Å²) >= 11 is 5.22. The lowest BCUT2D eigenvalue weighted by Gasteiger charge is -2.16. The van der Waals surface area contributed by atoms with Gasteiger partial charge in [0.25, 0.3) is 0 Å². The largest absolute Gasteiger partial charge is 0.321 e. The molecule has 0 atom stereocenters. The molecule has 0 fully saturated rings. The van der Waals surface area contributed by atoms with E-state index in [9.17, 15) is 0 Å². The quantitative estimate of drug-likeness (QED) is 0.908. The summed E-state index contributed by atoms with van der Waals surface area (Å²) in [4.78, 5) is 5.76. The third-order valence-corrected chi connectivity index (χ3v) is 4.71. The van der Waals surface area contributed by atoms with Gasteiger partial charge in [-0.2, -0.15) is 0 Å². The molecule has 0 saturated heterocycles. The van der Waals surface area contributed by atoms with E-state index in [0.717, 1.165) is 25.6 Å². The van der Waals surface area contributed by atoms with Crippen molar-refractivity contribution >= 4 is 27.3 Å². The zero-order valence-electron chi connectivity index (χ0n) is 10.1. The van der Waals surface area contributed by atoms with E-state index in [4.69, 9.17) is 5.73 Å². The molecule has 2 rings (SSSR count). The first-order valence-electron chi connectivity index (χ1n) is 5.41. The highest BCUT2D eigenvalue weighted by Crippen LogP contribution is 2.36. The monoisotopic (exact) mass is 310 g/mol. The molecule has 0 aliphatic carbocycles. The third-order valence-electron chi connectivity index (χ3n) is 2.49. The highest BCUT2D eigenvalue weighted by molar-refractivity contribution is 9.10. The first kappa shape index (κ1) is 12.7. The maximum absolute atomic E-state index is 6.15. The lowest BCUT2D eigenvalue weighted by molar-refractivity contribution is 0.562. The van der Waals surface area contributed by atoms with Crippen LogP contribution in [0.2, 0.25) is 0 Å². The van der Waals surface area contributed by atoms with Gasteiger partial charge >= 0.3 is 0 Å². The van der Waals surface area contributed by atoms with Crippen LogP contribution in [-0.2, 0) is 5.54 Å². The van der Waals surface area contributed by atoms with E-state index in [1.807, 2.05) is 39.0 Å². The minimum absolute atomic E-state index is 0.332. The number of halogens is 1. The predicted molar refractivity (Wildman–Crippen MR) is 77.2 cm³/mol. The van der Waals surface area contributed by atoms with E-state index in [0.29, 0.717) is 0 Å². The van der Waals surface area contributed by atoms with Crippen molar-refractivity contribution in [3.63, 3.8) is 0 Å². The van der Waals surface area contributed by atoms with Gasteiger partial charge in [0.15, 0.2) is 0 Å². The van der Waals surface area contributed by atoms with E-state index in [1.54, 1.807) is 11.3 Å². The number of hydrogen-bond donors (Lipinski definition) is 1. The van der Waals surface area contributed by atoms with E-state index in [1.165, 1.54) is 0 Å². The van der Waals surface area contributed by atoms with Crippen molar-refractivity contribution in [1.82, 2.24) is 4.98 Å². The Balaban J connectivity index is 2.53. The molecule has 1 aromatic carbocycles. The first-order valence-corrected chi connectivity index (χ1v) is 7.02. The summed E-state index contributed by atoms with van der Waals surface area (Å²) in [5.74, 6) is 0. The zero-order valence-corrected chi connectivity index (χ0v) is 12.5. The Kier molecular flexibility index (Phi) is 3.39. The molecule has 0 unspecified atom stereocenters. The van der Waals surface area contributed by atoms with Crippen molar-refractivity contribution in [3.8, 4) is 10.6 Å². The smallest absolute Gasteiger partial charge is 0.125 e. The molecule has 0 spiro atoms. The van der Waals surface area contributed by atoms with Gasteiger partial charge in [-0.1, -0.05) is 34.1 Å². The van der Waals surface area contributed by atoms with Crippen molar-refractivity contribution in [3.05, 3.63) is 39.3 Å². The number of benzene rings is 1. The van der Waals surface area contributed by atoms with Gasteiger partial charge in [0, 0.05) is 20.5 Å².